The van der Waals surface area contributed by atoms with Crippen LogP contribution in [0, 0.1) is 17.8 Å². The van der Waals surface area contributed by atoms with E-state index in [0.29, 0.717) is 29.2 Å². The van der Waals surface area contributed by atoms with Crippen molar-refractivity contribution in [3.05, 3.63) is 53.2 Å². The van der Waals surface area contributed by atoms with Gasteiger partial charge in [-0.15, -0.1) is 0 Å². The van der Waals surface area contributed by atoms with Crippen LogP contribution in [0.3, 0.4) is 0 Å². The molecule has 11 heteroatoms. The highest BCUT2D eigenvalue weighted by Crippen LogP contribution is 2.50. The minimum atomic E-state index is -0.645. The molecule has 0 radical (unpaired) electrons. The molecular formula is C35H42N2O9. The maximum Gasteiger partial charge on any atom is 0.331 e. The zero-order valence-electron chi connectivity index (χ0n) is 27.2. The molecule has 3 aromatic rings. The Morgan fingerprint density at radius 2 is 1.70 bits per heavy atom. The summed E-state index contributed by atoms with van der Waals surface area (Å²) in [7, 11) is 9.24. The first-order valence-electron chi connectivity index (χ1n) is 15.6. The average Bonchev–Trinajstić information content (AvgIpc) is 3.46. The molecule has 11 nitrogen and oxygen atoms in total. The van der Waals surface area contributed by atoms with Crippen LogP contribution in [0.25, 0.3) is 17.0 Å². The Labute approximate surface area is 268 Å². The minimum Gasteiger partial charge on any atom is -0.497 e. The third-order valence-electron chi connectivity index (χ3n) is 9.97. The maximum absolute atomic E-state index is 13.4. The van der Waals surface area contributed by atoms with E-state index in [4.69, 9.17) is 33.2 Å². The molecule has 2 aromatic carbocycles. The summed E-state index contributed by atoms with van der Waals surface area (Å²) in [5.41, 5.74) is 4.26. The van der Waals surface area contributed by atoms with Crippen LogP contribution in [-0.2, 0) is 30.2 Å². The van der Waals surface area contributed by atoms with Crippen LogP contribution in [0.5, 0.6) is 23.0 Å². The predicted octanol–water partition coefficient (Wildman–Crippen LogP) is 4.57. The lowest BCUT2D eigenvalue weighted by molar-refractivity contribution is -0.187. The molecule has 2 aliphatic heterocycles. The van der Waals surface area contributed by atoms with Gasteiger partial charge in [0.25, 0.3) is 0 Å². The average molecular weight is 635 g/mol. The molecule has 1 saturated heterocycles. The van der Waals surface area contributed by atoms with Gasteiger partial charge in [-0.1, -0.05) is 0 Å². The third kappa shape index (κ3) is 5.66. The Bertz CT molecular complexity index is 1610. The second kappa shape index (κ2) is 13.3. The number of carbonyl (C=O) groups is 2. The van der Waals surface area contributed by atoms with Crippen molar-refractivity contribution in [2.24, 2.45) is 17.8 Å². The van der Waals surface area contributed by atoms with E-state index in [1.54, 1.807) is 32.4 Å². The largest absolute Gasteiger partial charge is 0.497 e. The summed E-state index contributed by atoms with van der Waals surface area (Å²) in [6.07, 6.45) is 4.01. The molecular weight excluding hydrogens is 592 g/mol. The Hall–Kier alpha value is -4.22. The second-order valence-electron chi connectivity index (χ2n) is 12.1. The van der Waals surface area contributed by atoms with E-state index < -0.39 is 24.1 Å². The second-order valence-corrected chi connectivity index (χ2v) is 12.1. The van der Waals surface area contributed by atoms with Gasteiger partial charge in [-0.3, -0.25) is 9.69 Å². The Morgan fingerprint density at radius 1 is 0.935 bits per heavy atom. The molecule has 3 aliphatic rings. The number of hydrogen-bond donors (Lipinski definition) is 1. The first-order valence-corrected chi connectivity index (χ1v) is 15.6. The number of piperidine rings is 1. The summed E-state index contributed by atoms with van der Waals surface area (Å²) in [5, 5.41) is 1.21. The summed E-state index contributed by atoms with van der Waals surface area (Å²) < 4.78 is 39.0. The van der Waals surface area contributed by atoms with Crippen LogP contribution in [0.15, 0.2) is 36.4 Å². The number of aromatic nitrogens is 1. The van der Waals surface area contributed by atoms with Gasteiger partial charge in [-0.05, 0) is 72.6 Å². The lowest BCUT2D eigenvalue weighted by atomic mass is 9.63. The molecule has 3 heterocycles. The SMILES string of the molecule is COC(=O)[C@@H]1C(OC)[C@H](OC(=O)C=Cc2cc(OC)c(OC)c(OC)c2)C[C@@H]2CN3CCc4c([nH]c5cc(OC)ccc45)[C@H]3C[C@@H]21. The first kappa shape index (κ1) is 31.7. The molecule has 6 rings (SSSR count). The Kier molecular flexibility index (Phi) is 9.15. The van der Waals surface area contributed by atoms with Crippen molar-refractivity contribution >= 4 is 28.9 Å². The molecule has 1 N–H and O–H groups in total. The number of ether oxygens (including phenoxy) is 7. The number of methoxy groups -OCH3 is 6. The highest BCUT2D eigenvalue weighted by Gasteiger charge is 2.54. The molecule has 1 saturated carbocycles. The summed E-state index contributed by atoms with van der Waals surface area (Å²) in [6, 6.07) is 9.78. The normalized spacial score (nSPS) is 25.7. The van der Waals surface area contributed by atoms with Crippen LogP contribution < -0.4 is 18.9 Å². The van der Waals surface area contributed by atoms with Gasteiger partial charge < -0.3 is 38.1 Å². The number of aromatic amines is 1. The lowest BCUT2D eigenvalue weighted by Crippen LogP contribution is -2.58. The van der Waals surface area contributed by atoms with E-state index in [-0.39, 0.29) is 23.8 Å². The van der Waals surface area contributed by atoms with Crippen LogP contribution in [0.2, 0.25) is 0 Å². The fourth-order valence-electron chi connectivity index (χ4n) is 7.91. The van der Waals surface area contributed by atoms with Gasteiger partial charge in [0.15, 0.2) is 11.5 Å². The van der Waals surface area contributed by atoms with E-state index in [1.165, 1.54) is 51.2 Å². The molecule has 0 amide bonds. The van der Waals surface area contributed by atoms with Gasteiger partial charge in [-0.2, -0.15) is 0 Å². The fourth-order valence-corrected chi connectivity index (χ4v) is 7.91. The van der Waals surface area contributed by atoms with Crippen molar-refractivity contribution < 1.29 is 42.7 Å². The molecule has 246 valence electrons. The lowest BCUT2D eigenvalue weighted by Gasteiger charge is -2.52. The van der Waals surface area contributed by atoms with Gasteiger partial charge in [0, 0.05) is 48.9 Å². The highest BCUT2D eigenvalue weighted by atomic mass is 16.6. The number of esters is 2. The van der Waals surface area contributed by atoms with Crippen LogP contribution in [0.4, 0.5) is 0 Å². The summed E-state index contributed by atoms with van der Waals surface area (Å²) in [6.45, 7) is 1.70. The van der Waals surface area contributed by atoms with Crippen LogP contribution in [-0.4, -0.2) is 89.8 Å². The molecule has 0 spiro atoms. The maximum atomic E-state index is 13.4. The topological polar surface area (TPSA) is 118 Å². The van der Waals surface area contributed by atoms with Gasteiger partial charge in [0.1, 0.15) is 18.0 Å². The van der Waals surface area contributed by atoms with Crippen molar-refractivity contribution in [2.75, 3.05) is 55.7 Å². The quantitative estimate of drug-likeness (QED) is 0.265. The molecule has 2 fully saturated rings. The molecule has 6 atom stereocenters. The number of rotatable bonds is 9. The Balaban J connectivity index is 1.23. The van der Waals surface area contributed by atoms with Gasteiger partial charge in [-0.25, -0.2) is 4.79 Å². The van der Waals surface area contributed by atoms with Crippen molar-refractivity contribution in [1.29, 1.82) is 0 Å². The van der Waals surface area contributed by atoms with E-state index in [1.807, 2.05) is 12.1 Å². The predicted molar refractivity (Wildman–Crippen MR) is 170 cm³/mol. The zero-order valence-corrected chi connectivity index (χ0v) is 27.2. The fraction of sp³-hybridized carbons (Fsp3) is 0.486. The number of nitrogens with one attached hydrogen (secondary N) is 1. The van der Waals surface area contributed by atoms with Crippen molar-refractivity contribution in [2.45, 2.75) is 37.5 Å². The standard InChI is InChI=1S/C35H42N2O9/c1-40-21-8-9-22-23-11-12-37-18-20-15-29(46-30(38)10-7-19-13-27(41-2)33(43-4)28(14-19)42-3)34(44-5)31(35(39)45-6)24(20)17-26(37)32(23)36-25(22)16-21/h7-10,13-14,16,20,24,26,29,31,34,36H,11-12,15,17-18H2,1-6H3/t20-,24+,26-,29-,31+,34?/m1/s1. The Morgan fingerprint density at radius 3 is 2.35 bits per heavy atom. The number of hydrogen-bond acceptors (Lipinski definition) is 10. The van der Waals surface area contributed by atoms with E-state index in [2.05, 4.69) is 16.0 Å². The number of benzene rings is 2. The number of carbonyl (C=O) groups excluding carboxylic acids is 2. The van der Waals surface area contributed by atoms with Crippen molar-refractivity contribution in [3.8, 4) is 23.0 Å². The van der Waals surface area contributed by atoms with Gasteiger partial charge >= 0.3 is 11.9 Å². The number of nitrogens with zero attached hydrogens (tertiary/aromatic N) is 1. The summed E-state index contributed by atoms with van der Waals surface area (Å²) in [5.74, 6) is 0.873. The molecule has 0 bridgehead atoms. The van der Waals surface area contributed by atoms with Crippen molar-refractivity contribution in [1.82, 2.24) is 9.88 Å². The smallest absolute Gasteiger partial charge is 0.331 e. The molecule has 46 heavy (non-hydrogen) atoms. The third-order valence-corrected chi connectivity index (χ3v) is 9.97. The number of H-pyrrole nitrogens is 1. The number of fused-ring (bicyclic) bond motifs is 6. The van der Waals surface area contributed by atoms with Crippen LogP contribution in [0.1, 0.15) is 35.7 Å². The van der Waals surface area contributed by atoms with Crippen LogP contribution >= 0.6 is 0 Å². The van der Waals surface area contributed by atoms with E-state index in [0.717, 1.165) is 37.2 Å². The first-order chi connectivity index (χ1) is 22.3. The monoisotopic (exact) mass is 634 g/mol. The van der Waals surface area contributed by atoms with Gasteiger partial charge in [0.05, 0.1) is 47.5 Å². The molecule has 1 unspecified atom stereocenters. The molecule has 1 aliphatic carbocycles. The van der Waals surface area contributed by atoms with E-state index in [9.17, 15) is 9.59 Å². The van der Waals surface area contributed by atoms with Gasteiger partial charge in [0.2, 0.25) is 5.75 Å². The minimum absolute atomic E-state index is 0.00438. The van der Waals surface area contributed by atoms with Crippen molar-refractivity contribution in [3.63, 3.8) is 0 Å². The van der Waals surface area contributed by atoms with E-state index >= 15 is 0 Å². The summed E-state index contributed by atoms with van der Waals surface area (Å²) >= 11 is 0. The molecule has 1 aromatic heterocycles. The highest BCUT2D eigenvalue weighted by molar-refractivity contribution is 5.88. The summed E-state index contributed by atoms with van der Waals surface area (Å²) in [4.78, 5) is 32.8. The zero-order chi connectivity index (χ0) is 32.5.